The summed E-state index contributed by atoms with van der Waals surface area (Å²) in [5.74, 6) is 0.670. The van der Waals surface area contributed by atoms with Gasteiger partial charge in [-0.3, -0.25) is 0 Å². The molecule has 0 aliphatic carbocycles. The molecular formula is C10H10N2O. The molecule has 2 N–H and O–H groups in total. The van der Waals surface area contributed by atoms with E-state index in [1.165, 1.54) is 0 Å². The zero-order valence-electron chi connectivity index (χ0n) is 7.16. The third kappa shape index (κ3) is 1.25. The van der Waals surface area contributed by atoms with Gasteiger partial charge in [0.1, 0.15) is 11.8 Å². The predicted molar refractivity (Wildman–Crippen MR) is 48.2 cm³/mol. The summed E-state index contributed by atoms with van der Waals surface area (Å²) in [6.07, 6.45) is 0.821. The topological polar surface area (TPSA) is 59.0 Å². The van der Waals surface area contributed by atoms with Crippen LogP contribution >= 0.6 is 0 Å². The summed E-state index contributed by atoms with van der Waals surface area (Å²) in [6.45, 7) is 0.604. The maximum Gasteiger partial charge on any atom is 0.141 e. The highest BCUT2D eigenvalue weighted by Crippen LogP contribution is 2.32. The molecule has 3 nitrogen and oxygen atoms in total. The molecule has 66 valence electrons. The van der Waals surface area contributed by atoms with E-state index in [2.05, 4.69) is 6.07 Å². The van der Waals surface area contributed by atoms with Gasteiger partial charge in [-0.15, -0.1) is 0 Å². The van der Waals surface area contributed by atoms with Gasteiger partial charge < -0.3 is 10.5 Å². The van der Waals surface area contributed by atoms with Crippen molar-refractivity contribution in [3.8, 4) is 11.8 Å². The largest absolute Gasteiger partial charge is 0.492 e. The second-order valence-corrected chi connectivity index (χ2v) is 3.08. The molecule has 0 saturated carbocycles. The second kappa shape index (κ2) is 3.08. The van der Waals surface area contributed by atoms with Gasteiger partial charge in [-0.1, -0.05) is 12.1 Å². The van der Waals surface area contributed by atoms with Crippen LogP contribution in [0.4, 0.5) is 0 Å². The van der Waals surface area contributed by atoms with E-state index in [0.717, 1.165) is 12.0 Å². The summed E-state index contributed by atoms with van der Waals surface area (Å²) in [5.41, 5.74) is 7.41. The molecule has 0 spiro atoms. The zero-order valence-corrected chi connectivity index (χ0v) is 7.16. The zero-order chi connectivity index (χ0) is 9.26. The third-order valence-corrected chi connectivity index (χ3v) is 2.24. The lowest BCUT2D eigenvalue weighted by molar-refractivity contribution is 0.268. The second-order valence-electron chi connectivity index (χ2n) is 3.08. The predicted octanol–water partition coefficient (Wildman–Crippen LogP) is 1.34. The smallest absolute Gasteiger partial charge is 0.141 e. The Morgan fingerprint density at radius 1 is 1.54 bits per heavy atom. The Kier molecular flexibility index (Phi) is 1.91. The van der Waals surface area contributed by atoms with Crippen LogP contribution < -0.4 is 10.5 Å². The van der Waals surface area contributed by atoms with Crippen molar-refractivity contribution in [3.05, 3.63) is 29.3 Å². The molecule has 0 aromatic heterocycles. The normalized spacial score (nSPS) is 19.8. The molecule has 1 atom stereocenters. The Bertz CT molecular complexity index is 368. The van der Waals surface area contributed by atoms with E-state index in [1.54, 1.807) is 6.07 Å². The van der Waals surface area contributed by atoms with E-state index < -0.39 is 0 Å². The molecule has 0 unspecified atom stereocenters. The number of nitrogens with zero attached hydrogens (tertiary/aromatic N) is 1. The van der Waals surface area contributed by atoms with Crippen LogP contribution in [0.5, 0.6) is 5.75 Å². The molecule has 0 radical (unpaired) electrons. The van der Waals surface area contributed by atoms with Gasteiger partial charge in [0.2, 0.25) is 0 Å². The van der Waals surface area contributed by atoms with Crippen LogP contribution in [0.25, 0.3) is 0 Å². The van der Waals surface area contributed by atoms with Crippen LogP contribution in [0.15, 0.2) is 18.2 Å². The lowest BCUT2D eigenvalue weighted by Crippen LogP contribution is -2.21. The van der Waals surface area contributed by atoms with Gasteiger partial charge in [-0.05, 0) is 6.07 Å². The number of hydrogen-bond acceptors (Lipinski definition) is 3. The highest BCUT2D eigenvalue weighted by Gasteiger charge is 2.20. The minimum absolute atomic E-state index is 0.0112. The van der Waals surface area contributed by atoms with Crippen molar-refractivity contribution in [1.82, 2.24) is 0 Å². The highest BCUT2D eigenvalue weighted by molar-refractivity contribution is 5.50. The van der Waals surface area contributed by atoms with E-state index in [-0.39, 0.29) is 6.04 Å². The average Bonchev–Trinajstić information content (AvgIpc) is 2.18. The molecule has 1 aliphatic rings. The lowest BCUT2D eigenvalue weighted by atomic mass is 9.99. The number of hydrogen-bond donors (Lipinski definition) is 1. The van der Waals surface area contributed by atoms with E-state index >= 15 is 0 Å². The number of rotatable bonds is 0. The SMILES string of the molecule is N#Cc1cccc2c1OCC[C@H]2N. The van der Waals surface area contributed by atoms with Crippen LogP contribution in [0.2, 0.25) is 0 Å². The standard InChI is InChI=1S/C10H10N2O/c11-6-7-2-1-3-8-9(12)4-5-13-10(7)8/h1-3,9H,4-5,12H2/t9-/m1/s1. The van der Waals surface area contributed by atoms with Crippen molar-refractivity contribution in [2.75, 3.05) is 6.61 Å². The summed E-state index contributed by atoms with van der Waals surface area (Å²) >= 11 is 0. The molecule has 3 heteroatoms. The Balaban J connectivity index is 2.56. The van der Waals surface area contributed by atoms with Gasteiger partial charge in [-0.25, -0.2) is 0 Å². The fourth-order valence-electron chi connectivity index (χ4n) is 1.54. The third-order valence-electron chi connectivity index (χ3n) is 2.24. The van der Waals surface area contributed by atoms with E-state index in [1.807, 2.05) is 12.1 Å². The fraction of sp³-hybridized carbons (Fsp3) is 0.300. The highest BCUT2D eigenvalue weighted by atomic mass is 16.5. The van der Waals surface area contributed by atoms with E-state index in [4.69, 9.17) is 15.7 Å². The molecule has 1 heterocycles. The minimum Gasteiger partial charge on any atom is -0.492 e. The van der Waals surface area contributed by atoms with Crippen LogP contribution in [0.1, 0.15) is 23.6 Å². The first-order valence-electron chi connectivity index (χ1n) is 4.24. The fourth-order valence-corrected chi connectivity index (χ4v) is 1.54. The first-order valence-corrected chi connectivity index (χ1v) is 4.24. The lowest BCUT2D eigenvalue weighted by Gasteiger charge is -2.23. The number of benzene rings is 1. The summed E-state index contributed by atoms with van der Waals surface area (Å²) in [7, 11) is 0. The first-order chi connectivity index (χ1) is 6.33. The number of fused-ring (bicyclic) bond motifs is 1. The van der Waals surface area contributed by atoms with Crippen molar-refractivity contribution in [3.63, 3.8) is 0 Å². The molecule has 0 saturated heterocycles. The Hall–Kier alpha value is -1.53. The van der Waals surface area contributed by atoms with Gasteiger partial charge in [0.25, 0.3) is 0 Å². The first kappa shape index (κ1) is 8.09. The minimum atomic E-state index is 0.0112. The van der Waals surface area contributed by atoms with Crippen LogP contribution in [-0.4, -0.2) is 6.61 Å². The number of nitrogens with two attached hydrogens (primary N) is 1. The van der Waals surface area contributed by atoms with Crippen molar-refractivity contribution in [2.45, 2.75) is 12.5 Å². The van der Waals surface area contributed by atoms with Crippen molar-refractivity contribution >= 4 is 0 Å². The van der Waals surface area contributed by atoms with Crippen molar-refractivity contribution in [1.29, 1.82) is 5.26 Å². The maximum absolute atomic E-state index is 8.81. The Morgan fingerprint density at radius 3 is 3.15 bits per heavy atom. The molecule has 1 aromatic carbocycles. The number of ether oxygens (including phenoxy) is 1. The summed E-state index contributed by atoms with van der Waals surface area (Å²) in [4.78, 5) is 0. The van der Waals surface area contributed by atoms with Crippen molar-refractivity contribution in [2.24, 2.45) is 5.73 Å². The van der Waals surface area contributed by atoms with Gasteiger partial charge in [-0.2, -0.15) is 5.26 Å². The average molecular weight is 174 g/mol. The van der Waals surface area contributed by atoms with E-state index in [9.17, 15) is 0 Å². The molecule has 13 heavy (non-hydrogen) atoms. The molecule has 1 aromatic rings. The molecule has 0 amide bonds. The summed E-state index contributed by atoms with van der Waals surface area (Å²) in [5, 5.41) is 8.81. The van der Waals surface area contributed by atoms with Gasteiger partial charge in [0, 0.05) is 18.0 Å². The molecule has 0 bridgehead atoms. The number of nitriles is 1. The van der Waals surface area contributed by atoms with Crippen molar-refractivity contribution < 1.29 is 4.74 Å². The Labute approximate surface area is 76.7 Å². The summed E-state index contributed by atoms with van der Waals surface area (Å²) in [6, 6.07) is 7.61. The van der Waals surface area contributed by atoms with Crippen LogP contribution in [0, 0.1) is 11.3 Å². The van der Waals surface area contributed by atoms with Gasteiger partial charge in [0.15, 0.2) is 0 Å². The molecule has 0 fully saturated rings. The maximum atomic E-state index is 8.81. The number of para-hydroxylation sites is 1. The molecule has 1 aliphatic heterocycles. The van der Waals surface area contributed by atoms with Crippen LogP contribution in [-0.2, 0) is 0 Å². The Morgan fingerprint density at radius 2 is 2.38 bits per heavy atom. The van der Waals surface area contributed by atoms with Gasteiger partial charge in [0.05, 0.1) is 12.2 Å². The molecule has 2 rings (SSSR count). The monoisotopic (exact) mass is 174 g/mol. The van der Waals surface area contributed by atoms with Gasteiger partial charge >= 0.3 is 0 Å². The summed E-state index contributed by atoms with van der Waals surface area (Å²) < 4.78 is 5.41. The van der Waals surface area contributed by atoms with E-state index in [0.29, 0.717) is 17.9 Å². The van der Waals surface area contributed by atoms with Crippen LogP contribution in [0.3, 0.4) is 0 Å². The molecular weight excluding hydrogens is 164 g/mol. The quantitative estimate of drug-likeness (QED) is 0.645.